The van der Waals surface area contributed by atoms with Crippen molar-refractivity contribution in [1.82, 2.24) is 14.7 Å². The summed E-state index contributed by atoms with van der Waals surface area (Å²) in [5.41, 5.74) is 6.85. The fourth-order valence-electron chi connectivity index (χ4n) is 2.67. The van der Waals surface area contributed by atoms with Crippen LogP contribution in [-0.2, 0) is 16.1 Å². The normalized spacial score (nSPS) is 18.0. The Morgan fingerprint density at radius 1 is 1.48 bits per heavy atom. The number of hydrogen-bond acceptors (Lipinski definition) is 3. The molecule has 2 rings (SSSR count). The zero-order valence-electron chi connectivity index (χ0n) is 13.6. The lowest BCUT2D eigenvalue weighted by atomic mass is 10.1. The van der Waals surface area contributed by atoms with E-state index >= 15 is 0 Å². The van der Waals surface area contributed by atoms with Crippen LogP contribution in [0.15, 0.2) is 6.08 Å². The Kier molecular flexibility index (Phi) is 5.82. The molecule has 1 fully saturated rings. The van der Waals surface area contributed by atoms with Gasteiger partial charge in [-0.25, -0.2) is 0 Å². The number of likely N-dealkylation sites (tertiary alicyclic amines) is 1. The van der Waals surface area contributed by atoms with Crippen molar-refractivity contribution in [3.8, 4) is 0 Å². The van der Waals surface area contributed by atoms with E-state index in [1.165, 1.54) is 6.08 Å². The number of carbonyl (C=O) groups excluding carboxylic acids is 2. The van der Waals surface area contributed by atoms with E-state index in [1.807, 2.05) is 6.92 Å². The summed E-state index contributed by atoms with van der Waals surface area (Å²) >= 11 is 6.34. The molecule has 6 nitrogen and oxygen atoms in total. The molecule has 0 spiro atoms. The quantitative estimate of drug-likeness (QED) is 0.805. The van der Waals surface area contributed by atoms with Crippen molar-refractivity contribution in [3.05, 3.63) is 22.5 Å². The fourth-order valence-corrected chi connectivity index (χ4v) is 2.99. The van der Waals surface area contributed by atoms with Crippen LogP contribution in [0.5, 0.6) is 0 Å². The van der Waals surface area contributed by atoms with Crippen molar-refractivity contribution in [2.24, 2.45) is 11.7 Å². The molecule has 2 N–H and O–H groups in total. The summed E-state index contributed by atoms with van der Waals surface area (Å²) < 4.78 is 1.77. The van der Waals surface area contributed by atoms with Crippen LogP contribution in [0.1, 0.15) is 37.4 Å². The number of rotatable bonds is 6. The van der Waals surface area contributed by atoms with Crippen LogP contribution in [0.2, 0.25) is 5.15 Å². The van der Waals surface area contributed by atoms with Gasteiger partial charge in [0.15, 0.2) is 0 Å². The molecule has 126 valence electrons. The molecule has 0 radical (unpaired) electrons. The lowest BCUT2D eigenvalue weighted by Gasteiger charge is -2.13. The zero-order chi connectivity index (χ0) is 17.0. The second kappa shape index (κ2) is 7.64. The van der Waals surface area contributed by atoms with Crippen LogP contribution in [-0.4, -0.2) is 39.6 Å². The number of amides is 2. The summed E-state index contributed by atoms with van der Waals surface area (Å²) in [5.74, 6) is -0.722. The predicted octanol–water partition coefficient (Wildman–Crippen LogP) is 1.99. The minimum atomic E-state index is -0.347. The minimum Gasteiger partial charge on any atom is -0.369 e. The maximum Gasteiger partial charge on any atom is 0.246 e. The number of aromatic nitrogens is 2. The maximum absolute atomic E-state index is 12.2. The van der Waals surface area contributed by atoms with E-state index in [1.54, 1.807) is 15.7 Å². The van der Waals surface area contributed by atoms with Crippen molar-refractivity contribution in [2.75, 3.05) is 13.1 Å². The van der Waals surface area contributed by atoms with Gasteiger partial charge in [0.25, 0.3) is 0 Å². The molecular formula is C16H23ClN4O2. The first-order valence-corrected chi connectivity index (χ1v) is 8.31. The Balaban J connectivity index is 2.04. The van der Waals surface area contributed by atoms with E-state index in [9.17, 15) is 9.59 Å². The highest BCUT2D eigenvalue weighted by Crippen LogP contribution is 2.22. The molecule has 1 aromatic heterocycles. The van der Waals surface area contributed by atoms with Crippen LogP contribution >= 0.6 is 11.6 Å². The Morgan fingerprint density at radius 2 is 2.22 bits per heavy atom. The summed E-state index contributed by atoms with van der Waals surface area (Å²) in [4.78, 5) is 25.0. The van der Waals surface area contributed by atoms with E-state index in [-0.39, 0.29) is 17.7 Å². The van der Waals surface area contributed by atoms with Crippen molar-refractivity contribution < 1.29 is 9.59 Å². The van der Waals surface area contributed by atoms with Crippen molar-refractivity contribution in [1.29, 1.82) is 0 Å². The van der Waals surface area contributed by atoms with E-state index < -0.39 is 0 Å². The molecule has 2 heterocycles. The molecule has 0 bridgehead atoms. The van der Waals surface area contributed by atoms with Crippen LogP contribution < -0.4 is 5.73 Å². The molecule has 1 saturated heterocycles. The average Bonchev–Trinajstić information content (AvgIpc) is 3.09. The number of aryl methyl sites for hydroxylation is 2. The number of halogens is 1. The minimum absolute atomic E-state index is 0.134. The van der Waals surface area contributed by atoms with Gasteiger partial charge in [0.2, 0.25) is 11.8 Å². The van der Waals surface area contributed by atoms with Crippen molar-refractivity contribution in [2.45, 2.75) is 39.7 Å². The van der Waals surface area contributed by atoms with E-state index in [4.69, 9.17) is 17.3 Å². The Morgan fingerprint density at radius 3 is 2.83 bits per heavy atom. The summed E-state index contributed by atoms with van der Waals surface area (Å²) in [6.45, 7) is 5.70. The lowest BCUT2D eigenvalue weighted by molar-refractivity contribution is -0.125. The highest BCUT2D eigenvalue weighted by atomic mass is 35.5. The summed E-state index contributed by atoms with van der Waals surface area (Å²) in [6.07, 6.45) is 5.89. The molecule has 0 aromatic carbocycles. The number of primary amides is 1. The van der Waals surface area contributed by atoms with Gasteiger partial charge in [0.1, 0.15) is 5.15 Å². The molecule has 1 aliphatic heterocycles. The van der Waals surface area contributed by atoms with Crippen molar-refractivity contribution >= 4 is 29.5 Å². The molecule has 1 atom stereocenters. The lowest BCUT2D eigenvalue weighted by Crippen LogP contribution is -2.30. The highest BCUT2D eigenvalue weighted by Gasteiger charge is 2.28. The zero-order valence-corrected chi connectivity index (χ0v) is 14.3. The molecule has 7 heteroatoms. The predicted molar refractivity (Wildman–Crippen MR) is 89.8 cm³/mol. The summed E-state index contributed by atoms with van der Waals surface area (Å²) in [5, 5.41) is 4.96. The second-order valence-electron chi connectivity index (χ2n) is 5.87. The number of nitrogens with zero attached hydrogens (tertiary/aromatic N) is 3. The molecular weight excluding hydrogens is 316 g/mol. The average molecular weight is 339 g/mol. The van der Waals surface area contributed by atoms with E-state index in [2.05, 4.69) is 12.0 Å². The van der Waals surface area contributed by atoms with Gasteiger partial charge in [-0.2, -0.15) is 5.10 Å². The molecule has 2 amide bonds. The van der Waals surface area contributed by atoms with Gasteiger partial charge in [-0.15, -0.1) is 0 Å². The van der Waals surface area contributed by atoms with E-state index in [0.717, 1.165) is 30.6 Å². The SMILES string of the molecule is CCCCn1nc(C)c(/C=C/C(=O)N2CCC(C(N)=O)C2)c1Cl. The first-order chi connectivity index (χ1) is 10.9. The Labute approximate surface area is 141 Å². The van der Waals surface area contributed by atoms with Gasteiger partial charge in [0, 0.05) is 31.3 Å². The number of unbranched alkanes of at least 4 members (excludes halogenated alkanes) is 1. The van der Waals surface area contributed by atoms with Gasteiger partial charge in [-0.1, -0.05) is 24.9 Å². The number of hydrogen-bond donors (Lipinski definition) is 1. The molecule has 0 saturated carbocycles. The smallest absolute Gasteiger partial charge is 0.246 e. The van der Waals surface area contributed by atoms with Gasteiger partial charge in [0.05, 0.1) is 11.6 Å². The third-order valence-corrected chi connectivity index (χ3v) is 4.53. The molecule has 1 aromatic rings. The fraction of sp³-hybridized carbons (Fsp3) is 0.562. The first kappa shape index (κ1) is 17.5. The summed E-state index contributed by atoms with van der Waals surface area (Å²) in [6, 6.07) is 0. The van der Waals surface area contributed by atoms with Gasteiger partial charge in [-0.3, -0.25) is 14.3 Å². The monoisotopic (exact) mass is 338 g/mol. The first-order valence-electron chi connectivity index (χ1n) is 7.93. The standard InChI is InChI=1S/C16H23ClN4O2/c1-3-4-8-21-15(17)13(11(2)19-21)5-6-14(22)20-9-7-12(10-20)16(18)23/h5-6,12H,3-4,7-10H2,1-2H3,(H2,18,23)/b6-5+. The van der Waals surface area contributed by atoms with Gasteiger partial charge >= 0.3 is 0 Å². The topological polar surface area (TPSA) is 81.2 Å². The highest BCUT2D eigenvalue weighted by molar-refractivity contribution is 6.31. The molecule has 0 aliphatic carbocycles. The number of nitrogens with two attached hydrogens (primary N) is 1. The summed E-state index contributed by atoms with van der Waals surface area (Å²) in [7, 11) is 0. The third-order valence-electron chi connectivity index (χ3n) is 4.13. The Hall–Kier alpha value is -1.82. The second-order valence-corrected chi connectivity index (χ2v) is 6.23. The largest absolute Gasteiger partial charge is 0.369 e. The van der Waals surface area contributed by atoms with Gasteiger partial charge < -0.3 is 10.6 Å². The van der Waals surface area contributed by atoms with Crippen LogP contribution in [0.25, 0.3) is 6.08 Å². The number of carbonyl (C=O) groups is 2. The maximum atomic E-state index is 12.2. The Bertz CT molecular complexity index is 624. The molecule has 1 aliphatic rings. The molecule has 1 unspecified atom stereocenters. The van der Waals surface area contributed by atoms with Crippen LogP contribution in [0, 0.1) is 12.8 Å². The molecule has 23 heavy (non-hydrogen) atoms. The third kappa shape index (κ3) is 4.13. The van der Waals surface area contributed by atoms with Crippen LogP contribution in [0.3, 0.4) is 0 Å². The van der Waals surface area contributed by atoms with Gasteiger partial charge in [-0.05, 0) is 25.8 Å². The van der Waals surface area contributed by atoms with Crippen molar-refractivity contribution in [3.63, 3.8) is 0 Å². The van der Waals surface area contributed by atoms with Crippen LogP contribution in [0.4, 0.5) is 0 Å². The van der Waals surface area contributed by atoms with E-state index in [0.29, 0.717) is 24.7 Å².